The van der Waals surface area contributed by atoms with Crippen LogP contribution in [0.25, 0.3) is 0 Å². The third kappa shape index (κ3) is 6.60. The fourth-order valence-electron chi connectivity index (χ4n) is 3.17. The summed E-state index contributed by atoms with van der Waals surface area (Å²) in [5.41, 5.74) is 1.18. The van der Waals surface area contributed by atoms with Crippen LogP contribution in [-0.4, -0.2) is 75.1 Å². The summed E-state index contributed by atoms with van der Waals surface area (Å²) in [6.45, 7) is 6.26. The summed E-state index contributed by atoms with van der Waals surface area (Å²) in [6.07, 6.45) is 0.824. The van der Waals surface area contributed by atoms with Crippen LogP contribution in [0.4, 0.5) is 10.5 Å². The van der Waals surface area contributed by atoms with Gasteiger partial charge in [0, 0.05) is 43.9 Å². The van der Waals surface area contributed by atoms with Gasteiger partial charge in [0.25, 0.3) is 0 Å². The first-order valence-corrected chi connectivity index (χ1v) is 11.7. The minimum Gasteiger partial charge on any atom is -0.488 e. The van der Waals surface area contributed by atoms with E-state index in [4.69, 9.17) is 4.74 Å². The van der Waals surface area contributed by atoms with Gasteiger partial charge in [0.1, 0.15) is 11.9 Å². The van der Waals surface area contributed by atoms with Crippen molar-refractivity contribution < 1.29 is 22.7 Å². The number of hydrogen-bond acceptors (Lipinski definition) is 5. The molecule has 10 heteroatoms. The molecule has 0 unspecified atom stereocenters. The van der Waals surface area contributed by atoms with Gasteiger partial charge >= 0.3 is 6.03 Å². The Labute approximate surface area is 178 Å². The zero-order chi connectivity index (χ0) is 22.6. The van der Waals surface area contributed by atoms with Crippen molar-refractivity contribution in [1.29, 1.82) is 0 Å². The molecule has 0 fully saturated rings. The summed E-state index contributed by atoms with van der Waals surface area (Å²) in [6, 6.07) is 4.78. The molecule has 1 aliphatic rings. The number of anilines is 1. The average Bonchev–Trinajstić information content (AvgIpc) is 2.64. The second-order valence-electron chi connectivity index (χ2n) is 8.20. The molecule has 30 heavy (non-hydrogen) atoms. The normalized spacial score (nSPS) is 20.1. The van der Waals surface area contributed by atoms with Gasteiger partial charge in [-0.1, -0.05) is 6.92 Å². The van der Waals surface area contributed by atoms with Crippen LogP contribution in [0.5, 0.6) is 5.75 Å². The number of amides is 3. The van der Waals surface area contributed by atoms with Gasteiger partial charge in [0.2, 0.25) is 15.9 Å². The highest BCUT2D eigenvalue weighted by Gasteiger charge is 2.29. The number of likely N-dealkylation sites (N-methyl/N-ethyl adjacent to an activating group) is 2. The predicted octanol–water partition coefficient (Wildman–Crippen LogP) is 1.51. The minimum absolute atomic E-state index is 0.00880. The van der Waals surface area contributed by atoms with Crippen LogP contribution in [0.15, 0.2) is 18.2 Å². The van der Waals surface area contributed by atoms with E-state index < -0.39 is 16.1 Å². The molecule has 0 aromatic heterocycles. The van der Waals surface area contributed by atoms with Crippen molar-refractivity contribution in [2.75, 3.05) is 38.8 Å². The molecule has 0 saturated heterocycles. The van der Waals surface area contributed by atoms with E-state index in [0.29, 0.717) is 23.5 Å². The Kier molecular flexibility index (Phi) is 7.70. The van der Waals surface area contributed by atoms with Crippen LogP contribution in [0.3, 0.4) is 0 Å². The highest BCUT2D eigenvalue weighted by atomic mass is 32.2. The van der Waals surface area contributed by atoms with Crippen molar-refractivity contribution in [1.82, 2.24) is 14.5 Å². The molecule has 0 aliphatic carbocycles. The fourth-order valence-corrected chi connectivity index (χ4v) is 3.59. The number of nitrogens with zero attached hydrogens (tertiary/aromatic N) is 2. The lowest BCUT2D eigenvalue weighted by Crippen LogP contribution is -2.43. The van der Waals surface area contributed by atoms with Crippen molar-refractivity contribution >= 4 is 27.6 Å². The van der Waals surface area contributed by atoms with Gasteiger partial charge < -0.3 is 20.3 Å². The van der Waals surface area contributed by atoms with Crippen molar-refractivity contribution in [3.05, 3.63) is 23.8 Å². The Bertz CT molecular complexity index is 887. The summed E-state index contributed by atoms with van der Waals surface area (Å²) >= 11 is 0. The molecule has 1 aromatic carbocycles. The number of hydrogen-bond donors (Lipinski definition) is 2. The first-order chi connectivity index (χ1) is 13.9. The first-order valence-electron chi connectivity index (χ1n) is 9.89. The molecule has 1 aliphatic heterocycles. The van der Waals surface area contributed by atoms with E-state index in [-0.39, 0.29) is 36.9 Å². The Morgan fingerprint density at radius 2 is 2.03 bits per heavy atom. The highest BCUT2D eigenvalue weighted by molar-refractivity contribution is 7.88. The monoisotopic (exact) mass is 440 g/mol. The van der Waals surface area contributed by atoms with Crippen LogP contribution in [0.2, 0.25) is 0 Å². The van der Waals surface area contributed by atoms with Gasteiger partial charge in [-0.3, -0.25) is 4.79 Å². The van der Waals surface area contributed by atoms with Gasteiger partial charge in [-0.25, -0.2) is 17.5 Å². The van der Waals surface area contributed by atoms with Crippen LogP contribution in [-0.2, 0) is 21.2 Å². The zero-order valence-corrected chi connectivity index (χ0v) is 19.2. The minimum atomic E-state index is -3.37. The van der Waals surface area contributed by atoms with Crippen molar-refractivity contribution in [3.63, 3.8) is 0 Å². The largest absolute Gasteiger partial charge is 0.488 e. The second kappa shape index (κ2) is 9.65. The van der Waals surface area contributed by atoms with Crippen molar-refractivity contribution in [3.8, 4) is 5.75 Å². The van der Waals surface area contributed by atoms with E-state index in [2.05, 4.69) is 10.6 Å². The van der Waals surface area contributed by atoms with E-state index in [1.54, 1.807) is 30.1 Å². The number of urea groups is 1. The maximum absolute atomic E-state index is 12.7. The molecule has 0 saturated carbocycles. The number of fused-ring (bicyclic) bond motifs is 1. The van der Waals surface area contributed by atoms with E-state index in [1.165, 1.54) is 11.4 Å². The number of carbonyl (C=O) groups is 2. The summed E-state index contributed by atoms with van der Waals surface area (Å²) in [7, 11) is -0.140. The van der Waals surface area contributed by atoms with Gasteiger partial charge in [-0.15, -0.1) is 0 Å². The molecule has 2 atom stereocenters. The number of ether oxygens (including phenoxy) is 1. The first kappa shape index (κ1) is 23.9. The smallest absolute Gasteiger partial charge is 0.319 e. The maximum Gasteiger partial charge on any atom is 0.319 e. The zero-order valence-electron chi connectivity index (χ0n) is 18.4. The van der Waals surface area contributed by atoms with Crippen LogP contribution in [0.1, 0.15) is 26.3 Å². The lowest BCUT2D eigenvalue weighted by molar-refractivity contribution is -0.129. The number of carbonyl (C=O) groups excluding carboxylic acids is 2. The summed E-state index contributed by atoms with van der Waals surface area (Å²) < 4.78 is 31.2. The Balaban J connectivity index is 2.34. The number of sulfonamides is 1. The fraction of sp³-hybridized carbons (Fsp3) is 0.600. The Morgan fingerprint density at radius 3 is 2.63 bits per heavy atom. The van der Waals surface area contributed by atoms with Gasteiger partial charge in [-0.2, -0.15) is 0 Å². The van der Waals surface area contributed by atoms with Gasteiger partial charge in [0.05, 0.1) is 19.2 Å². The summed E-state index contributed by atoms with van der Waals surface area (Å²) in [5, 5.41) is 5.50. The molecule has 0 radical (unpaired) electrons. The lowest BCUT2D eigenvalue weighted by atomic mass is 10.0. The quantitative estimate of drug-likeness (QED) is 0.722. The molecule has 0 spiro atoms. The molecule has 2 N–H and O–H groups in total. The van der Waals surface area contributed by atoms with Gasteiger partial charge in [-0.05, 0) is 32.0 Å². The molecule has 168 valence electrons. The summed E-state index contributed by atoms with van der Waals surface area (Å²) in [4.78, 5) is 26.3. The molecule has 1 aromatic rings. The highest BCUT2D eigenvalue weighted by Crippen LogP contribution is 2.28. The average molecular weight is 441 g/mol. The SMILES string of the molecule is CC(C)NC(=O)Nc1ccc2c(c1)CC(=O)N(C)C[C@@H](C)[C@@H](CN(C)S(C)(=O)=O)O2. The molecular weight excluding hydrogens is 408 g/mol. The third-order valence-corrected chi connectivity index (χ3v) is 6.27. The lowest BCUT2D eigenvalue weighted by Gasteiger charge is -2.30. The second-order valence-corrected chi connectivity index (χ2v) is 10.3. The third-order valence-electron chi connectivity index (χ3n) is 4.98. The molecule has 9 nitrogen and oxygen atoms in total. The van der Waals surface area contributed by atoms with Gasteiger partial charge in [0.15, 0.2) is 0 Å². The topological polar surface area (TPSA) is 108 Å². The van der Waals surface area contributed by atoms with E-state index in [1.807, 2.05) is 20.8 Å². The predicted molar refractivity (Wildman–Crippen MR) is 116 cm³/mol. The number of benzene rings is 1. The van der Waals surface area contributed by atoms with Crippen LogP contribution >= 0.6 is 0 Å². The standard InChI is InChI=1S/C20H32N4O5S/c1-13(2)21-20(26)22-16-7-8-17-15(9-16)10-19(25)23(4)11-14(3)18(29-17)12-24(5)30(6,27)28/h7-9,13-14,18H,10-12H2,1-6H3,(H2,21,22,26)/t14-,18-/m1/s1. The molecule has 0 bridgehead atoms. The molecule has 3 amide bonds. The molecular formula is C20H32N4O5S. The van der Waals surface area contributed by atoms with Crippen LogP contribution < -0.4 is 15.4 Å². The molecule has 1 heterocycles. The van der Waals surface area contributed by atoms with E-state index >= 15 is 0 Å². The Hall–Kier alpha value is -2.33. The van der Waals surface area contributed by atoms with E-state index in [9.17, 15) is 18.0 Å². The van der Waals surface area contributed by atoms with E-state index in [0.717, 1.165) is 6.26 Å². The Morgan fingerprint density at radius 1 is 1.37 bits per heavy atom. The molecule has 2 rings (SSSR count). The summed E-state index contributed by atoms with van der Waals surface area (Å²) in [5.74, 6) is 0.337. The maximum atomic E-state index is 12.7. The van der Waals surface area contributed by atoms with Crippen molar-refractivity contribution in [2.24, 2.45) is 5.92 Å². The number of nitrogens with one attached hydrogen (secondary N) is 2. The van der Waals surface area contributed by atoms with Crippen molar-refractivity contribution in [2.45, 2.75) is 39.3 Å². The van der Waals surface area contributed by atoms with Crippen LogP contribution in [0, 0.1) is 5.92 Å². The number of rotatable bonds is 5.